The van der Waals surface area contributed by atoms with Crippen LogP contribution in [0.1, 0.15) is 10.7 Å². The fourth-order valence-electron chi connectivity index (χ4n) is 1.04. The highest BCUT2D eigenvalue weighted by atomic mass is 32.1. The third kappa shape index (κ3) is 1.67. The summed E-state index contributed by atoms with van der Waals surface area (Å²) in [5.41, 5.74) is 5.55. The summed E-state index contributed by atoms with van der Waals surface area (Å²) in [6, 6.07) is 4.05. The molecule has 0 aromatic carbocycles. The van der Waals surface area contributed by atoms with E-state index in [2.05, 4.69) is 10.2 Å². The lowest BCUT2D eigenvalue weighted by Gasteiger charge is -1.93. The Kier molecular flexibility index (Phi) is 2.32. The van der Waals surface area contributed by atoms with Gasteiger partial charge in [-0.3, -0.25) is 4.57 Å². The first-order valence-electron chi connectivity index (χ1n) is 4.14. The Morgan fingerprint density at radius 1 is 1.43 bits per heavy atom. The molecule has 0 aliphatic carbocycles. The van der Waals surface area contributed by atoms with Gasteiger partial charge in [0.25, 0.3) is 0 Å². The topological polar surface area (TPSA) is 56.7 Å². The molecular formula is C9H10N4S. The van der Waals surface area contributed by atoms with Gasteiger partial charge in [-0.1, -0.05) is 6.07 Å². The SMILES string of the molecule is Cn1c(N)nnc1/C=C/c1cccs1. The van der Waals surface area contributed by atoms with Crippen LogP contribution in [-0.2, 0) is 7.05 Å². The van der Waals surface area contributed by atoms with Crippen molar-refractivity contribution >= 4 is 29.4 Å². The normalized spacial score (nSPS) is 11.2. The van der Waals surface area contributed by atoms with E-state index >= 15 is 0 Å². The number of hydrogen-bond donors (Lipinski definition) is 1. The first-order chi connectivity index (χ1) is 6.77. The van der Waals surface area contributed by atoms with Crippen LogP contribution in [-0.4, -0.2) is 14.8 Å². The summed E-state index contributed by atoms with van der Waals surface area (Å²) < 4.78 is 1.74. The summed E-state index contributed by atoms with van der Waals surface area (Å²) in [5.74, 6) is 1.19. The standard InChI is InChI=1S/C9H10N4S/c1-13-8(11-12-9(13)10)5-4-7-3-2-6-14-7/h2-6H,1H3,(H2,10,12)/b5-4+. The molecule has 0 aliphatic heterocycles. The number of thiophene rings is 1. The Hall–Kier alpha value is -1.62. The highest BCUT2D eigenvalue weighted by Gasteiger charge is 2.00. The summed E-state index contributed by atoms with van der Waals surface area (Å²) in [5, 5.41) is 9.71. The molecule has 2 aromatic rings. The van der Waals surface area contributed by atoms with Crippen molar-refractivity contribution in [3.63, 3.8) is 0 Å². The van der Waals surface area contributed by atoms with Crippen molar-refractivity contribution in [2.45, 2.75) is 0 Å². The Morgan fingerprint density at radius 3 is 2.86 bits per heavy atom. The minimum atomic E-state index is 0.427. The average Bonchev–Trinajstić information content (AvgIpc) is 2.77. The van der Waals surface area contributed by atoms with Crippen molar-refractivity contribution in [2.24, 2.45) is 7.05 Å². The van der Waals surface area contributed by atoms with E-state index in [9.17, 15) is 0 Å². The molecule has 2 rings (SSSR count). The molecule has 0 saturated heterocycles. The van der Waals surface area contributed by atoms with Crippen LogP contribution in [0, 0.1) is 0 Å². The molecule has 0 spiro atoms. The molecule has 4 nitrogen and oxygen atoms in total. The van der Waals surface area contributed by atoms with Gasteiger partial charge in [0, 0.05) is 11.9 Å². The van der Waals surface area contributed by atoms with Crippen molar-refractivity contribution in [1.82, 2.24) is 14.8 Å². The largest absolute Gasteiger partial charge is 0.368 e. The predicted molar refractivity (Wildman–Crippen MR) is 58.7 cm³/mol. The van der Waals surface area contributed by atoms with Gasteiger partial charge in [-0.05, 0) is 23.6 Å². The van der Waals surface area contributed by atoms with E-state index in [0.29, 0.717) is 5.95 Å². The number of nitrogens with two attached hydrogens (primary N) is 1. The van der Waals surface area contributed by atoms with Gasteiger partial charge in [0.2, 0.25) is 5.95 Å². The third-order valence-electron chi connectivity index (χ3n) is 1.88. The minimum Gasteiger partial charge on any atom is -0.368 e. The van der Waals surface area contributed by atoms with Crippen LogP contribution in [0.15, 0.2) is 17.5 Å². The van der Waals surface area contributed by atoms with E-state index < -0.39 is 0 Å². The summed E-state index contributed by atoms with van der Waals surface area (Å²) in [7, 11) is 1.84. The number of anilines is 1. The van der Waals surface area contributed by atoms with E-state index in [1.165, 1.54) is 4.88 Å². The number of nitrogen functional groups attached to an aromatic ring is 1. The Balaban J connectivity index is 2.23. The van der Waals surface area contributed by atoms with E-state index in [1.54, 1.807) is 15.9 Å². The first-order valence-corrected chi connectivity index (χ1v) is 5.02. The summed E-state index contributed by atoms with van der Waals surface area (Å²) in [6.07, 6.45) is 3.89. The fourth-order valence-corrected chi connectivity index (χ4v) is 1.66. The molecule has 0 saturated carbocycles. The zero-order valence-electron chi connectivity index (χ0n) is 7.71. The molecule has 2 heterocycles. The average molecular weight is 206 g/mol. The Morgan fingerprint density at radius 2 is 2.29 bits per heavy atom. The van der Waals surface area contributed by atoms with Crippen molar-refractivity contribution in [3.05, 3.63) is 28.2 Å². The Labute approximate surface area is 85.7 Å². The molecule has 2 N–H and O–H groups in total. The summed E-state index contributed by atoms with van der Waals surface area (Å²) in [6.45, 7) is 0. The fraction of sp³-hybridized carbons (Fsp3) is 0.111. The van der Waals surface area contributed by atoms with Crippen LogP contribution < -0.4 is 5.73 Å². The lowest BCUT2D eigenvalue weighted by atomic mass is 10.4. The van der Waals surface area contributed by atoms with Gasteiger partial charge in [0.15, 0.2) is 5.82 Å². The molecule has 2 aromatic heterocycles. The molecule has 0 aliphatic rings. The molecule has 0 amide bonds. The van der Waals surface area contributed by atoms with Crippen LogP contribution in [0.5, 0.6) is 0 Å². The van der Waals surface area contributed by atoms with Gasteiger partial charge < -0.3 is 5.73 Å². The van der Waals surface area contributed by atoms with Crippen LogP contribution in [0.3, 0.4) is 0 Å². The number of rotatable bonds is 2. The molecule has 0 radical (unpaired) electrons. The van der Waals surface area contributed by atoms with Crippen molar-refractivity contribution in [3.8, 4) is 0 Å². The lowest BCUT2D eigenvalue weighted by Crippen LogP contribution is -1.98. The summed E-state index contributed by atoms with van der Waals surface area (Å²) >= 11 is 1.68. The smallest absolute Gasteiger partial charge is 0.221 e. The van der Waals surface area contributed by atoms with E-state index in [0.717, 1.165) is 5.82 Å². The van der Waals surface area contributed by atoms with Crippen LogP contribution in [0.4, 0.5) is 5.95 Å². The zero-order valence-corrected chi connectivity index (χ0v) is 8.53. The van der Waals surface area contributed by atoms with E-state index in [4.69, 9.17) is 5.73 Å². The maximum absolute atomic E-state index is 5.55. The number of aromatic nitrogens is 3. The first kappa shape index (κ1) is 8.96. The van der Waals surface area contributed by atoms with Gasteiger partial charge in [0.1, 0.15) is 0 Å². The molecule has 14 heavy (non-hydrogen) atoms. The second-order valence-corrected chi connectivity index (χ2v) is 3.80. The van der Waals surface area contributed by atoms with E-state index in [1.807, 2.05) is 36.7 Å². The van der Waals surface area contributed by atoms with Crippen molar-refractivity contribution < 1.29 is 0 Å². The maximum Gasteiger partial charge on any atom is 0.221 e. The van der Waals surface area contributed by atoms with Crippen molar-refractivity contribution in [1.29, 1.82) is 0 Å². The predicted octanol–water partition coefficient (Wildman–Crippen LogP) is 1.63. The highest BCUT2D eigenvalue weighted by Crippen LogP contribution is 2.12. The van der Waals surface area contributed by atoms with Crippen molar-refractivity contribution in [2.75, 3.05) is 5.73 Å². The Bertz CT molecular complexity index is 441. The molecular weight excluding hydrogens is 196 g/mol. The maximum atomic E-state index is 5.55. The third-order valence-corrected chi connectivity index (χ3v) is 2.72. The van der Waals surface area contributed by atoms with E-state index in [-0.39, 0.29) is 0 Å². The van der Waals surface area contributed by atoms with Gasteiger partial charge in [-0.25, -0.2) is 0 Å². The summed E-state index contributed by atoms with van der Waals surface area (Å²) in [4.78, 5) is 1.19. The van der Waals surface area contributed by atoms with Crippen LogP contribution in [0.2, 0.25) is 0 Å². The second-order valence-electron chi connectivity index (χ2n) is 2.82. The molecule has 72 valence electrons. The molecule has 0 fully saturated rings. The zero-order chi connectivity index (χ0) is 9.97. The highest BCUT2D eigenvalue weighted by molar-refractivity contribution is 7.10. The minimum absolute atomic E-state index is 0.427. The van der Waals surface area contributed by atoms with Crippen LogP contribution in [0.25, 0.3) is 12.2 Å². The molecule has 0 unspecified atom stereocenters. The second kappa shape index (κ2) is 3.63. The van der Waals surface area contributed by atoms with Gasteiger partial charge in [0.05, 0.1) is 0 Å². The van der Waals surface area contributed by atoms with Gasteiger partial charge in [-0.2, -0.15) is 0 Å². The van der Waals surface area contributed by atoms with Crippen LogP contribution >= 0.6 is 11.3 Å². The van der Waals surface area contributed by atoms with Gasteiger partial charge in [-0.15, -0.1) is 21.5 Å². The molecule has 5 heteroatoms. The number of hydrogen-bond acceptors (Lipinski definition) is 4. The quantitative estimate of drug-likeness (QED) is 0.812. The lowest BCUT2D eigenvalue weighted by molar-refractivity contribution is 0.909. The molecule has 0 atom stereocenters. The molecule has 0 bridgehead atoms. The van der Waals surface area contributed by atoms with Gasteiger partial charge >= 0.3 is 0 Å². The monoisotopic (exact) mass is 206 g/mol. The number of nitrogens with zero attached hydrogens (tertiary/aromatic N) is 3.